The average Bonchev–Trinajstić information content (AvgIpc) is 2.72. The summed E-state index contributed by atoms with van der Waals surface area (Å²) in [4.78, 5) is 20.1. The van der Waals surface area contributed by atoms with E-state index in [2.05, 4.69) is 15.3 Å². The number of aromatic nitrogens is 2. The number of hydrogen-bond acceptors (Lipinski definition) is 8. The molecule has 1 aromatic heterocycles. The maximum atomic E-state index is 12.2. The topological polar surface area (TPSA) is 149 Å². The van der Waals surface area contributed by atoms with Gasteiger partial charge in [-0.15, -0.1) is 0 Å². The number of nitriles is 1. The molecule has 29 heavy (non-hydrogen) atoms. The molecule has 1 aliphatic carbocycles. The van der Waals surface area contributed by atoms with Crippen LogP contribution in [0.1, 0.15) is 37.7 Å². The van der Waals surface area contributed by atoms with Crippen LogP contribution in [-0.2, 0) is 4.79 Å². The van der Waals surface area contributed by atoms with Crippen molar-refractivity contribution in [3.63, 3.8) is 0 Å². The minimum absolute atomic E-state index is 0.00803. The minimum atomic E-state index is -0.161. The summed E-state index contributed by atoms with van der Waals surface area (Å²) in [5, 5.41) is 12.4. The van der Waals surface area contributed by atoms with Gasteiger partial charge >= 0.3 is 0 Å². The molecule has 0 spiro atoms. The zero-order valence-corrected chi connectivity index (χ0v) is 16.3. The summed E-state index contributed by atoms with van der Waals surface area (Å²) in [5.74, 6) is 0.617. The van der Waals surface area contributed by atoms with E-state index in [9.17, 15) is 10.1 Å². The molecule has 1 aromatic carbocycles. The Kier molecular flexibility index (Phi) is 6.34. The van der Waals surface area contributed by atoms with Gasteiger partial charge in [0.1, 0.15) is 17.5 Å². The largest absolute Gasteiger partial charge is 0.493 e. The number of methoxy groups -OCH3 is 1. The molecule has 0 saturated heterocycles. The number of nitrogen functional groups attached to an aromatic ring is 2. The smallest absolute Gasteiger partial charge is 0.258 e. The number of carbonyl (C=O) groups is 1. The van der Waals surface area contributed by atoms with Crippen LogP contribution in [0.15, 0.2) is 18.2 Å². The molecule has 2 aromatic rings. The molecule has 3 rings (SSSR count). The fourth-order valence-electron chi connectivity index (χ4n) is 3.41. The van der Waals surface area contributed by atoms with E-state index in [1.165, 1.54) is 13.5 Å². The number of carbonyl (C=O) groups excluding carboxylic acids is 1. The van der Waals surface area contributed by atoms with Crippen molar-refractivity contribution < 1.29 is 14.3 Å². The second kappa shape index (κ2) is 9.10. The van der Waals surface area contributed by atoms with Gasteiger partial charge in [-0.25, -0.2) is 4.98 Å². The number of nitrogens with zero attached hydrogens (tertiary/aromatic N) is 3. The van der Waals surface area contributed by atoms with Gasteiger partial charge in [0.15, 0.2) is 18.1 Å². The van der Waals surface area contributed by atoms with Crippen LogP contribution in [-0.4, -0.2) is 35.6 Å². The fraction of sp³-hybridized carbons (Fsp3) is 0.400. The molecule has 1 saturated carbocycles. The van der Waals surface area contributed by atoms with E-state index in [1.54, 1.807) is 18.2 Å². The Morgan fingerprint density at radius 1 is 1.24 bits per heavy atom. The molecule has 0 aliphatic heterocycles. The summed E-state index contributed by atoms with van der Waals surface area (Å²) >= 11 is 0. The third kappa shape index (κ3) is 4.85. The first-order valence-electron chi connectivity index (χ1n) is 9.45. The van der Waals surface area contributed by atoms with Gasteiger partial charge in [-0.1, -0.05) is 19.3 Å². The number of nitrogens with one attached hydrogen (secondary N) is 1. The first-order chi connectivity index (χ1) is 14.0. The van der Waals surface area contributed by atoms with Crippen LogP contribution >= 0.6 is 0 Å². The van der Waals surface area contributed by atoms with Gasteiger partial charge in [0.25, 0.3) is 5.91 Å². The zero-order chi connectivity index (χ0) is 20.8. The van der Waals surface area contributed by atoms with Crippen LogP contribution < -0.4 is 26.3 Å². The molecule has 1 amide bonds. The van der Waals surface area contributed by atoms with E-state index in [4.69, 9.17) is 20.9 Å². The molecule has 5 N–H and O–H groups in total. The maximum Gasteiger partial charge on any atom is 0.258 e. The first kappa shape index (κ1) is 20.2. The monoisotopic (exact) mass is 396 g/mol. The van der Waals surface area contributed by atoms with Crippen molar-refractivity contribution in [3.8, 4) is 28.8 Å². The fourth-order valence-corrected chi connectivity index (χ4v) is 3.41. The number of anilines is 2. The predicted molar refractivity (Wildman–Crippen MR) is 108 cm³/mol. The van der Waals surface area contributed by atoms with E-state index in [1.807, 2.05) is 6.07 Å². The molecule has 9 nitrogen and oxygen atoms in total. The van der Waals surface area contributed by atoms with Crippen molar-refractivity contribution in [1.29, 1.82) is 5.26 Å². The first-order valence-corrected chi connectivity index (χ1v) is 9.45. The Labute approximate surface area is 169 Å². The van der Waals surface area contributed by atoms with Gasteiger partial charge < -0.3 is 26.3 Å². The Morgan fingerprint density at radius 2 is 2.00 bits per heavy atom. The summed E-state index contributed by atoms with van der Waals surface area (Å²) < 4.78 is 11.0. The molecule has 1 aliphatic rings. The maximum absolute atomic E-state index is 12.2. The molecule has 0 radical (unpaired) electrons. The third-order valence-corrected chi connectivity index (χ3v) is 4.83. The molecule has 152 valence electrons. The second-order valence-corrected chi connectivity index (χ2v) is 6.86. The normalized spacial score (nSPS) is 14.1. The number of rotatable bonds is 6. The van der Waals surface area contributed by atoms with Gasteiger partial charge in [0.05, 0.1) is 12.8 Å². The zero-order valence-electron chi connectivity index (χ0n) is 16.3. The van der Waals surface area contributed by atoms with Gasteiger partial charge in [0.2, 0.25) is 5.95 Å². The lowest BCUT2D eigenvalue weighted by Gasteiger charge is -2.22. The van der Waals surface area contributed by atoms with Gasteiger partial charge in [-0.05, 0) is 31.0 Å². The van der Waals surface area contributed by atoms with Crippen LogP contribution in [0.4, 0.5) is 11.8 Å². The summed E-state index contributed by atoms with van der Waals surface area (Å²) in [6.45, 7) is -0.108. The van der Waals surface area contributed by atoms with Crippen molar-refractivity contribution in [2.45, 2.75) is 38.1 Å². The van der Waals surface area contributed by atoms with Crippen molar-refractivity contribution in [2.75, 3.05) is 25.2 Å². The standard InChI is InChI=1S/C20H24N6O3/c1-28-16-9-12(18-14(10-21)19(22)26-20(23)25-18)7-8-15(16)29-11-17(27)24-13-5-3-2-4-6-13/h7-9,13H,2-6,11H2,1H3,(H,24,27)(H4,22,23,25,26). The molecule has 0 atom stereocenters. The quantitative estimate of drug-likeness (QED) is 0.671. The summed E-state index contributed by atoms with van der Waals surface area (Å²) in [6, 6.07) is 7.21. The summed E-state index contributed by atoms with van der Waals surface area (Å²) in [6.07, 6.45) is 5.53. The van der Waals surface area contributed by atoms with Crippen molar-refractivity contribution in [3.05, 3.63) is 23.8 Å². The lowest BCUT2D eigenvalue weighted by atomic mass is 9.95. The van der Waals surface area contributed by atoms with Gasteiger partial charge in [-0.2, -0.15) is 10.2 Å². The average molecular weight is 396 g/mol. The molecule has 1 heterocycles. The lowest BCUT2D eigenvalue weighted by molar-refractivity contribution is -0.124. The van der Waals surface area contributed by atoms with E-state index < -0.39 is 0 Å². The molecular formula is C20H24N6O3. The van der Waals surface area contributed by atoms with Crippen LogP contribution in [0.3, 0.4) is 0 Å². The number of nitrogens with two attached hydrogens (primary N) is 2. The minimum Gasteiger partial charge on any atom is -0.493 e. The number of benzene rings is 1. The molecule has 1 fully saturated rings. The number of amides is 1. The highest BCUT2D eigenvalue weighted by Gasteiger charge is 2.18. The molecule has 0 bridgehead atoms. The lowest BCUT2D eigenvalue weighted by Crippen LogP contribution is -2.39. The molecule has 0 unspecified atom stereocenters. The Morgan fingerprint density at radius 3 is 2.69 bits per heavy atom. The van der Waals surface area contributed by atoms with E-state index >= 15 is 0 Å². The Balaban J connectivity index is 1.74. The van der Waals surface area contributed by atoms with E-state index in [0.29, 0.717) is 22.8 Å². The van der Waals surface area contributed by atoms with Crippen molar-refractivity contribution >= 4 is 17.7 Å². The van der Waals surface area contributed by atoms with Crippen molar-refractivity contribution in [1.82, 2.24) is 15.3 Å². The van der Waals surface area contributed by atoms with E-state index in [0.717, 1.165) is 25.7 Å². The SMILES string of the molecule is COc1cc(-c2nc(N)nc(N)c2C#N)ccc1OCC(=O)NC1CCCCC1. The summed E-state index contributed by atoms with van der Waals surface area (Å²) in [7, 11) is 1.49. The Hall–Kier alpha value is -3.54. The van der Waals surface area contributed by atoms with Crippen LogP contribution in [0.5, 0.6) is 11.5 Å². The van der Waals surface area contributed by atoms with Gasteiger partial charge in [-0.3, -0.25) is 4.79 Å². The summed E-state index contributed by atoms with van der Waals surface area (Å²) in [5.41, 5.74) is 12.4. The molecule has 9 heteroatoms. The highest BCUT2D eigenvalue weighted by molar-refractivity contribution is 5.78. The second-order valence-electron chi connectivity index (χ2n) is 6.86. The third-order valence-electron chi connectivity index (χ3n) is 4.83. The van der Waals surface area contributed by atoms with Crippen LogP contribution in [0.25, 0.3) is 11.3 Å². The van der Waals surface area contributed by atoms with Crippen LogP contribution in [0, 0.1) is 11.3 Å². The van der Waals surface area contributed by atoms with E-state index in [-0.39, 0.29) is 35.9 Å². The van der Waals surface area contributed by atoms with Crippen LogP contribution in [0.2, 0.25) is 0 Å². The predicted octanol–water partition coefficient (Wildman–Crippen LogP) is 2.02. The van der Waals surface area contributed by atoms with Crippen molar-refractivity contribution in [2.24, 2.45) is 0 Å². The number of ether oxygens (including phenoxy) is 2. The highest BCUT2D eigenvalue weighted by atomic mass is 16.5. The van der Waals surface area contributed by atoms with Gasteiger partial charge in [0, 0.05) is 11.6 Å². The molecular weight excluding hydrogens is 372 g/mol. The highest BCUT2D eigenvalue weighted by Crippen LogP contribution is 2.34. The Bertz CT molecular complexity index is 935. The number of hydrogen-bond donors (Lipinski definition) is 3.